The molecule has 0 aliphatic carbocycles. The molecule has 138 valence electrons. The van der Waals surface area contributed by atoms with Gasteiger partial charge in [-0.2, -0.15) is 0 Å². The maximum atomic E-state index is 12.4. The SMILES string of the molecule is CCOc1ccc(NC(=O)C(=O)N2CC(C)OC(C)C2)cc1OCC. The van der Waals surface area contributed by atoms with Crippen LogP contribution in [-0.2, 0) is 14.3 Å². The van der Waals surface area contributed by atoms with Crippen LogP contribution in [0.2, 0.25) is 0 Å². The predicted molar refractivity (Wildman–Crippen MR) is 94.0 cm³/mol. The van der Waals surface area contributed by atoms with Gasteiger partial charge in [0, 0.05) is 24.8 Å². The standard InChI is InChI=1S/C18H26N2O5/c1-5-23-15-8-7-14(9-16(15)24-6-2)19-17(21)18(22)20-10-12(3)25-13(4)11-20/h7-9,12-13H,5-6,10-11H2,1-4H3,(H,19,21). The molecule has 2 unspecified atom stereocenters. The second-order valence-electron chi connectivity index (χ2n) is 5.95. The molecule has 25 heavy (non-hydrogen) atoms. The van der Waals surface area contributed by atoms with Crippen molar-refractivity contribution in [1.29, 1.82) is 0 Å². The first-order valence-corrected chi connectivity index (χ1v) is 8.59. The number of nitrogens with zero attached hydrogens (tertiary/aromatic N) is 1. The molecule has 7 heteroatoms. The van der Waals surface area contributed by atoms with Crippen molar-refractivity contribution in [3.05, 3.63) is 18.2 Å². The zero-order valence-electron chi connectivity index (χ0n) is 15.2. The first-order chi connectivity index (χ1) is 11.9. The third kappa shape index (κ3) is 5.09. The molecule has 0 radical (unpaired) electrons. The fourth-order valence-electron chi connectivity index (χ4n) is 2.80. The average Bonchev–Trinajstić information content (AvgIpc) is 2.56. The van der Waals surface area contributed by atoms with Gasteiger partial charge in [-0.15, -0.1) is 0 Å². The summed E-state index contributed by atoms with van der Waals surface area (Å²) in [4.78, 5) is 26.2. The van der Waals surface area contributed by atoms with Crippen molar-refractivity contribution in [3.8, 4) is 11.5 Å². The number of benzene rings is 1. The topological polar surface area (TPSA) is 77.1 Å². The number of morpholine rings is 1. The van der Waals surface area contributed by atoms with E-state index in [1.807, 2.05) is 27.7 Å². The number of carbonyl (C=O) groups is 2. The van der Waals surface area contributed by atoms with E-state index in [4.69, 9.17) is 14.2 Å². The number of carbonyl (C=O) groups excluding carboxylic acids is 2. The number of rotatable bonds is 5. The fraction of sp³-hybridized carbons (Fsp3) is 0.556. The Bertz CT molecular complexity index is 609. The Morgan fingerprint density at radius 3 is 2.32 bits per heavy atom. The Labute approximate surface area is 148 Å². The molecule has 1 saturated heterocycles. The van der Waals surface area contributed by atoms with Gasteiger partial charge in [0.25, 0.3) is 0 Å². The maximum absolute atomic E-state index is 12.4. The van der Waals surface area contributed by atoms with E-state index >= 15 is 0 Å². The number of anilines is 1. The zero-order valence-corrected chi connectivity index (χ0v) is 15.2. The number of amides is 2. The van der Waals surface area contributed by atoms with Crippen LogP contribution in [0.5, 0.6) is 11.5 Å². The lowest BCUT2D eigenvalue weighted by atomic mass is 10.2. The number of hydrogen-bond acceptors (Lipinski definition) is 5. The molecule has 0 spiro atoms. The Morgan fingerprint density at radius 1 is 1.12 bits per heavy atom. The van der Waals surface area contributed by atoms with E-state index < -0.39 is 11.8 Å². The Kier molecular flexibility index (Phi) is 6.64. The van der Waals surface area contributed by atoms with E-state index in [1.165, 1.54) is 4.90 Å². The lowest BCUT2D eigenvalue weighted by Crippen LogP contribution is -2.51. The summed E-state index contributed by atoms with van der Waals surface area (Å²) in [5, 5.41) is 2.63. The van der Waals surface area contributed by atoms with Crippen LogP contribution in [-0.4, -0.2) is 55.2 Å². The molecule has 2 rings (SSSR count). The summed E-state index contributed by atoms with van der Waals surface area (Å²) in [6, 6.07) is 5.06. The lowest BCUT2D eigenvalue weighted by molar-refractivity contribution is -0.151. The Morgan fingerprint density at radius 2 is 1.72 bits per heavy atom. The van der Waals surface area contributed by atoms with Crippen molar-refractivity contribution in [2.45, 2.75) is 39.9 Å². The van der Waals surface area contributed by atoms with Gasteiger partial charge in [-0.1, -0.05) is 0 Å². The summed E-state index contributed by atoms with van der Waals surface area (Å²) in [6.07, 6.45) is -0.175. The Hall–Kier alpha value is -2.28. The minimum absolute atomic E-state index is 0.0875. The summed E-state index contributed by atoms with van der Waals surface area (Å²) in [5.74, 6) is -0.102. The largest absolute Gasteiger partial charge is 0.490 e. The Balaban J connectivity index is 2.06. The number of ether oxygens (including phenoxy) is 3. The van der Waals surface area contributed by atoms with Crippen molar-refractivity contribution in [2.24, 2.45) is 0 Å². The van der Waals surface area contributed by atoms with E-state index in [1.54, 1.807) is 18.2 Å². The van der Waals surface area contributed by atoms with E-state index in [0.29, 0.717) is 43.5 Å². The molecule has 1 aromatic carbocycles. The maximum Gasteiger partial charge on any atom is 0.313 e. The van der Waals surface area contributed by atoms with Gasteiger partial charge in [0.2, 0.25) is 0 Å². The minimum atomic E-state index is -0.673. The quantitative estimate of drug-likeness (QED) is 0.823. The van der Waals surface area contributed by atoms with Crippen LogP contribution in [0.25, 0.3) is 0 Å². The number of hydrogen-bond donors (Lipinski definition) is 1. The van der Waals surface area contributed by atoms with Crippen LogP contribution in [0.4, 0.5) is 5.69 Å². The van der Waals surface area contributed by atoms with Gasteiger partial charge in [-0.05, 0) is 39.8 Å². The molecular weight excluding hydrogens is 324 g/mol. The van der Waals surface area contributed by atoms with Crippen molar-refractivity contribution >= 4 is 17.5 Å². The minimum Gasteiger partial charge on any atom is -0.490 e. The monoisotopic (exact) mass is 350 g/mol. The summed E-state index contributed by atoms with van der Waals surface area (Å²) in [5.41, 5.74) is 0.486. The fourth-order valence-corrected chi connectivity index (χ4v) is 2.80. The van der Waals surface area contributed by atoms with Crippen molar-refractivity contribution < 1.29 is 23.8 Å². The highest BCUT2D eigenvalue weighted by Crippen LogP contribution is 2.30. The van der Waals surface area contributed by atoms with Crippen LogP contribution >= 0.6 is 0 Å². The number of nitrogens with one attached hydrogen (secondary N) is 1. The second kappa shape index (κ2) is 8.71. The molecule has 1 aliphatic heterocycles. The van der Waals surface area contributed by atoms with Crippen LogP contribution in [0.1, 0.15) is 27.7 Å². The van der Waals surface area contributed by atoms with E-state index in [-0.39, 0.29) is 12.2 Å². The molecule has 1 aromatic rings. The molecule has 7 nitrogen and oxygen atoms in total. The average molecular weight is 350 g/mol. The van der Waals surface area contributed by atoms with Gasteiger partial charge >= 0.3 is 11.8 Å². The van der Waals surface area contributed by atoms with Gasteiger partial charge < -0.3 is 24.4 Å². The van der Waals surface area contributed by atoms with Crippen LogP contribution in [0.3, 0.4) is 0 Å². The summed E-state index contributed by atoms with van der Waals surface area (Å²) >= 11 is 0. The molecule has 1 N–H and O–H groups in total. The molecule has 1 fully saturated rings. The molecule has 1 heterocycles. The smallest absolute Gasteiger partial charge is 0.313 e. The molecule has 0 bridgehead atoms. The van der Waals surface area contributed by atoms with Gasteiger partial charge in [-0.3, -0.25) is 9.59 Å². The first-order valence-electron chi connectivity index (χ1n) is 8.59. The molecule has 2 amide bonds. The molecule has 0 saturated carbocycles. The van der Waals surface area contributed by atoms with Gasteiger partial charge in [-0.25, -0.2) is 0 Å². The summed E-state index contributed by atoms with van der Waals surface area (Å²) < 4.78 is 16.6. The van der Waals surface area contributed by atoms with Crippen LogP contribution in [0, 0.1) is 0 Å². The normalized spacial score (nSPS) is 20.1. The van der Waals surface area contributed by atoms with Gasteiger partial charge in [0.15, 0.2) is 11.5 Å². The molecule has 1 aliphatic rings. The third-order valence-electron chi connectivity index (χ3n) is 3.70. The zero-order chi connectivity index (χ0) is 18.4. The highest BCUT2D eigenvalue weighted by atomic mass is 16.5. The van der Waals surface area contributed by atoms with Crippen LogP contribution in [0.15, 0.2) is 18.2 Å². The molecule has 0 aromatic heterocycles. The van der Waals surface area contributed by atoms with Gasteiger partial charge in [0.05, 0.1) is 25.4 Å². The molecule has 2 atom stereocenters. The van der Waals surface area contributed by atoms with Crippen LogP contribution < -0.4 is 14.8 Å². The second-order valence-corrected chi connectivity index (χ2v) is 5.95. The van der Waals surface area contributed by atoms with Crippen molar-refractivity contribution in [3.63, 3.8) is 0 Å². The first kappa shape index (κ1) is 19.1. The summed E-state index contributed by atoms with van der Waals surface area (Å²) in [7, 11) is 0. The lowest BCUT2D eigenvalue weighted by Gasteiger charge is -2.34. The van der Waals surface area contributed by atoms with Crippen molar-refractivity contribution in [1.82, 2.24) is 4.90 Å². The van der Waals surface area contributed by atoms with Gasteiger partial charge in [0.1, 0.15) is 0 Å². The van der Waals surface area contributed by atoms with E-state index in [9.17, 15) is 9.59 Å². The van der Waals surface area contributed by atoms with E-state index in [2.05, 4.69) is 5.32 Å². The van der Waals surface area contributed by atoms with E-state index in [0.717, 1.165) is 0 Å². The highest BCUT2D eigenvalue weighted by Gasteiger charge is 2.29. The molecular formula is C18H26N2O5. The predicted octanol–water partition coefficient (Wildman–Crippen LogP) is 2.06. The third-order valence-corrected chi connectivity index (χ3v) is 3.70. The highest BCUT2D eigenvalue weighted by molar-refractivity contribution is 6.39. The summed E-state index contributed by atoms with van der Waals surface area (Å²) in [6.45, 7) is 9.31. The van der Waals surface area contributed by atoms with Crippen molar-refractivity contribution in [2.75, 3.05) is 31.6 Å².